The maximum atomic E-state index is 10.7. The number of hydrogen-bond donors (Lipinski definition) is 1. The minimum absolute atomic E-state index is 0.377. The van der Waals surface area contributed by atoms with Gasteiger partial charge < -0.3 is 5.11 Å². The van der Waals surface area contributed by atoms with Crippen molar-refractivity contribution in [2.24, 2.45) is 0 Å². The third-order valence-corrected chi connectivity index (χ3v) is 2.41. The van der Waals surface area contributed by atoms with Gasteiger partial charge in [-0.1, -0.05) is 12.1 Å². The fraction of sp³-hybridized carbons (Fsp3) is 0.182. The zero-order valence-corrected chi connectivity index (χ0v) is 7.37. The van der Waals surface area contributed by atoms with E-state index in [1.54, 1.807) is 12.1 Å². The van der Waals surface area contributed by atoms with E-state index in [1.165, 1.54) is 11.1 Å². The Morgan fingerprint density at radius 3 is 2.92 bits per heavy atom. The first-order valence-corrected chi connectivity index (χ1v) is 4.22. The van der Waals surface area contributed by atoms with E-state index in [4.69, 9.17) is 5.11 Å². The summed E-state index contributed by atoms with van der Waals surface area (Å²) in [6.07, 6.45) is 2.98. The van der Waals surface area contributed by atoms with Gasteiger partial charge in [0.25, 0.3) is 0 Å². The predicted molar refractivity (Wildman–Crippen MR) is 50.8 cm³/mol. The van der Waals surface area contributed by atoms with E-state index >= 15 is 0 Å². The van der Waals surface area contributed by atoms with Crippen molar-refractivity contribution in [3.05, 3.63) is 41.0 Å². The molecule has 66 valence electrons. The third kappa shape index (κ3) is 1.24. The van der Waals surface area contributed by atoms with Crippen molar-refractivity contribution in [1.82, 2.24) is 0 Å². The minimum Gasteiger partial charge on any atom is -0.478 e. The number of carboxylic acid groups (broad SMARTS) is 1. The zero-order valence-electron chi connectivity index (χ0n) is 7.37. The Labute approximate surface area is 76.5 Å². The van der Waals surface area contributed by atoms with Gasteiger partial charge in [0.15, 0.2) is 0 Å². The average Bonchev–Trinajstić information content (AvgIpc) is 2.47. The van der Waals surface area contributed by atoms with Gasteiger partial charge in [-0.3, -0.25) is 0 Å². The molecule has 1 aliphatic carbocycles. The standard InChI is InChI=1S/C11H10O2/c1-7-2-3-8-6-9(11(12)13)4-5-10(7)8/h2,4-6H,3H2,1H3,(H,12,13). The van der Waals surface area contributed by atoms with Gasteiger partial charge in [0.05, 0.1) is 5.56 Å². The fourth-order valence-electron chi connectivity index (χ4n) is 1.65. The molecule has 1 aromatic rings. The highest BCUT2D eigenvalue weighted by molar-refractivity contribution is 5.89. The van der Waals surface area contributed by atoms with Crippen LogP contribution in [0.4, 0.5) is 0 Å². The predicted octanol–water partition coefficient (Wildman–Crippen LogP) is 2.34. The van der Waals surface area contributed by atoms with Gasteiger partial charge in [0.2, 0.25) is 0 Å². The molecule has 13 heavy (non-hydrogen) atoms. The Morgan fingerprint density at radius 1 is 1.46 bits per heavy atom. The van der Waals surface area contributed by atoms with Gasteiger partial charge in [0.1, 0.15) is 0 Å². The van der Waals surface area contributed by atoms with E-state index in [0.717, 1.165) is 12.0 Å². The van der Waals surface area contributed by atoms with Crippen LogP contribution in [0, 0.1) is 0 Å². The van der Waals surface area contributed by atoms with Crippen molar-refractivity contribution in [3.8, 4) is 0 Å². The van der Waals surface area contributed by atoms with Gasteiger partial charge in [-0.15, -0.1) is 0 Å². The van der Waals surface area contributed by atoms with Crippen LogP contribution in [0.2, 0.25) is 0 Å². The van der Waals surface area contributed by atoms with Crippen LogP contribution in [-0.4, -0.2) is 11.1 Å². The number of rotatable bonds is 1. The van der Waals surface area contributed by atoms with Crippen LogP contribution in [-0.2, 0) is 6.42 Å². The van der Waals surface area contributed by atoms with Crippen LogP contribution in [0.5, 0.6) is 0 Å². The van der Waals surface area contributed by atoms with Crippen LogP contribution >= 0.6 is 0 Å². The minimum atomic E-state index is -0.854. The molecule has 0 fully saturated rings. The maximum absolute atomic E-state index is 10.7. The van der Waals surface area contributed by atoms with Crippen molar-refractivity contribution in [1.29, 1.82) is 0 Å². The molecule has 0 radical (unpaired) electrons. The SMILES string of the molecule is CC1=CCc2cc(C(=O)O)ccc21. The number of carboxylic acids is 1. The second kappa shape index (κ2) is 2.73. The molecule has 0 aromatic heterocycles. The fourth-order valence-corrected chi connectivity index (χ4v) is 1.65. The van der Waals surface area contributed by atoms with E-state index in [0.29, 0.717) is 5.56 Å². The van der Waals surface area contributed by atoms with Gasteiger partial charge in [-0.05, 0) is 42.2 Å². The Kier molecular flexibility index (Phi) is 1.69. The van der Waals surface area contributed by atoms with Crippen molar-refractivity contribution in [3.63, 3.8) is 0 Å². The molecule has 0 bridgehead atoms. The van der Waals surface area contributed by atoms with Gasteiger partial charge >= 0.3 is 5.97 Å². The van der Waals surface area contributed by atoms with E-state index in [1.807, 2.05) is 13.0 Å². The normalized spacial score (nSPS) is 13.8. The Bertz CT molecular complexity index is 403. The lowest BCUT2D eigenvalue weighted by atomic mass is 10.0. The molecule has 1 N–H and O–H groups in total. The highest BCUT2D eigenvalue weighted by Gasteiger charge is 2.12. The molecule has 0 saturated carbocycles. The number of hydrogen-bond acceptors (Lipinski definition) is 1. The van der Waals surface area contributed by atoms with Crippen molar-refractivity contribution < 1.29 is 9.90 Å². The number of allylic oxidation sites excluding steroid dienone is 2. The zero-order chi connectivity index (χ0) is 9.42. The maximum Gasteiger partial charge on any atom is 0.335 e. The van der Waals surface area contributed by atoms with E-state index in [2.05, 4.69) is 6.08 Å². The number of fused-ring (bicyclic) bond motifs is 1. The summed E-state index contributed by atoms with van der Waals surface area (Å²) < 4.78 is 0. The van der Waals surface area contributed by atoms with Crippen LogP contribution in [0.3, 0.4) is 0 Å². The molecule has 0 aliphatic heterocycles. The van der Waals surface area contributed by atoms with E-state index in [-0.39, 0.29) is 0 Å². The molecule has 1 aliphatic rings. The lowest BCUT2D eigenvalue weighted by Gasteiger charge is -2.02. The van der Waals surface area contributed by atoms with Crippen LogP contribution in [0.25, 0.3) is 5.57 Å². The van der Waals surface area contributed by atoms with Crippen LogP contribution in [0.1, 0.15) is 28.4 Å². The average molecular weight is 174 g/mol. The number of aromatic carboxylic acids is 1. The summed E-state index contributed by atoms with van der Waals surface area (Å²) in [4.78, 5) is 10.7. The molecule has 0 unspecified atom stereocenters. The smallest absolute Gasteiger partial charge is 0.335 e. The Balaban J connectivity index is 2.49. The molecule has 2 heteroatoms. The van der Waals surface area contributed by atoms with Gasteiger partial charge in [-0.2, -0.15) is 0 Å². The first-order chi connectivity index (χ1) is 6.18. The van der Waals surface area contributed by atoms with Crippen LogP contribution in [0.15, 0.2) is 24.3 Å². The second-order valence-corrected chi connectivity index (χ2v) is 3.27. The summed E-state index contributed by atoms with van der Waals surface area (Å²) in [7, 11) is 0. The summed E-state index contributed by atoms with van der Waals surface area (Å²) >= 11 is 0. The quantitative estimate of drug-likeness (QED) is 0.709. The summed E-state index contributed by atoms with van der Waals surface area (Å²) in [5, 5.41) is 8.76. The summed E-state index contributed by atoms with van der Waals surface area (Å²) in [5.41, 5.74) is 3.93. The van der Waals surface area contributed by atoms with Crippen LogP contribution < -0.4 is 0 Å². The first kappa shape index (κ1) is 8.05. The molecule has 0 atom stereocenters. The van der Waals surface area contributed by atoms with E-state index < -0.39 is 5.97 Å². The van der Waals surface area contributed by atoms with E-state index in [9.17, 15) is 4.79 Å². The summed E-state index contributed by atoms with van der Waals surface area (Å²) in [5.74, 6) is -0.854. The molecule has 1 aromatic carbocycles. The lowest BCUT2D eigenvalue weighted by molar-refractivity contribution is 0.0697. The molecule has 2 rings (SSSR count). The highest BCUT2D eigenvalue weighted by Crippen LogP contribution is 2.27. The van der Waals surface area contributed by atoms with Gasteiger partial charge in [-0.25, -0.2) is 4.79 Å². The second-order valence-electron chi connectivity index (χ2n) is 3.27. The van der Waals surface area contributed by atoms with Crippen molar-refractivity contribution in [2.75, 3.05) is 0 Å². The molecule has 0 spiro atoms. The third-order valence-electron chi connectivity index (χ3n) is 2.41. The molecule has 0 saturated heterocycles. The molecular formula is C11H10O2. The topological polar surface area (TPSA) is 37.3 Å². The molecule has 0 heterocycles. The monoisotopic (exact) mass is 174 g/mol. The summed E-state index contributed by atoms with van der Waals surface area (Å²) in [6.45, 7) is 2.05. The van der Waals surface area contributed by atoms with Crippen molar-refractivity contribution in [2.45, 2.75) is 13.3 Å². The first-order valence-electron chi connectivity index (χ1n) is 4.22. The molecule has 0 amide bonds. The van der Waals surface area contributed by atoms with Crippen molar-refractivity contribution >= 4 is 11.5 Å². The Hall–Kier alpha value is -1.57. The number of benzene rings is 1. The Morgan fingerprint density at radius 2 is 2.23 bits per heavy atom. The summed E-state index contributed by atoms with van der Waals surface area (Å²) in [6, 6.07) is 5.30. The highest BCUT2D eigenvalue weighted by atomic mass is 16.4. The number of carbonyl (C=O) groups is 1. The van der Waals surface area contributed by atoms with Gasteiger partial charge in [0, 0.05) is 0 Å². The molecular weight excluding hydrogens is 164 g/mol. The molecule has 2 nitrogen and oxygen atoms in total. The lowest BCUT2D eigenvalue weighted by Crippen LogP contribution is -1.97. The largest absolute Gasteiger partial charge is 0.478 e.